The molecule has 1 aliphatic rings. The molecule has 3 heterocycles. The number of nitrogens with zero attached hydrogens (tertiary/aromatic N) is 5. The zero-order valence-corrected chi connectivity index (χ0v) is 17.1. The van der Waals surface area contributed by atoms with Crippen LogP contribution in [0.2, 0.25) is 5.02 Å². The van der Waals surface area contributed by atoms with Crippen LogP contribution in [0.5, 0.6) is 0 Å². The lowest BCUT2D eigenvalue weighted by Gasteiger charge is -2.37. The first-order chi connectivity index (χ1) is 14.1. The van der Waals surface area contributed by atoms with E-state index in [9.17, 15) is 18.0 Å². The molecular weight excluding hydrogens is 423 g/mol. The third-order valence-electron chi connectivity index (χ3n) is 4.98. The topological polar surface area (TPSA) is 106 Å². The third-order valence-corrected chi connectivity index (χ3v) is 5.36. The summed E-state index contributed by atoms with van der Waals surface area (Å²) < 4.78 is 40.9. The number of halogens is 4. The number of hydrogen-bond donors (Lipinski definition) is 2. The Hall–Kier alpha value is -2.79. The van der Waals surface area contributed by atoms with Crippen LogP contribution in [0.3, 0.4) is 0 Å². The molecule has 12 heteroatoms. The molecule has 0 radical (unpaired) electrons. The zero-order chi connectivity index (χ0) is 22.2. The molecule has 0 fully saturated rings. The molecule has 0 aromatic carbocycles. The summed E-state index contributed by atoms with van der Waals surface area (Å²) in [6.45, 7) is 4.47. The first-order valence-electron chi connectivity index (χ1n) is 9.15. The number of carbonyl (C=O) groups excluding carboxylic acids is 1. The van der Waals surface area contributed by atoms with E-state index in [0.29, 0.717) is 30.2 Å². The second kappa shape index (κ2) is 8.15. The molecule has 2 aromatic rings. The third kappa shape index (κ3) is 3.94. The number of aryl methyl sites for hydroxylation is 1. The molecule has 8 nitrogen and oxygen atoms in total. The largest absolute Gasteiger partial charge is 0.434 e. The van der Waals surface area contributed by atoms with Crippen LogP contribution in [-0.2, 0) is 12.7 Å². The van der Waals surface area contributed by atoms with E-state index in [1.54, 1.807) is 23.9 Å². The monoisotopic (exact) mass is 443 g/mol. The highest BCUT2D eigenvalue weighted by atomic mass is 35.5. The first kappa shape index (κ1) is 21.9. The van der Waals surface area contributed by atoms with Crippen LogP contribution in [-0.4, -0.2) is 38.2 Å². The van der Waals surface area contributed by atoms with Crippen molar-refractivity contribution in [2.45, 2.75) is 39.0 Å². The Kier molecular flexibility index (Phi) is 5.95. The van der Waals surface area contributed by atoms with E-state index in [-0.39, 0.29) is 12.1 Å². The van der Waals surface area contributed by atoms with Crippen molar-refractivity contribution >= 4 is 23.3 Å². The fourth-order valence-corrected chi connectivity index (χ4v) is 3.57. The van der Waals surface area contributed by atoms with Crippen LogP contribution in [0.4, 0.5) is 19.0 Å². The summed E-state index contributed by atoms with van der Waals surface area (Å²) in [5.41, 5.74) is 5.57. The van der Waals surface area contributed by atoms with Gasteiger partial charge in [0.2, 0.25) is 0 Å². The summed E-state index contributed by atoms with van der Waals surface area (Å²) in [5.74, 6) is 6.01. The Morgan fingerprint density at radius 1 is 1.40 bits per heavy atom. The van der Waals surface area contributed by atoms with Gasteiger partial charge in [-0.2, -0.15) is 18.3 Å². The zero-order valence-electron chi connectivity index (χ0n) is 16.3. The second-order valence-corrected chi connectivity index (χ2v) is 7.12. The van der Waals surface area contributed by atoms with E-state index in [0.717, 1.165) is 12.3 Å². The summed E-state index contributed by atoms with van der Waals surface area (Å²) in [4.78, 5) is 17.6. The maximum absolute atomic E-state index is 13.1. The molecule has 4 N–H and O–H groups in total. The minimum Gasteiger partial charge on any atom is -0.399 e. The van der Waals surface area contributed by atoms with Gasteiger partial charge in [0.1, 0.15) is 0 Å². The summed E-state index contributed by atoms with van der Waals surface area (Å²) >= 11 is 5.85. The number of carbonyl (C=O) groups is 1. The molecular formula is C18H21ClF3N7O. The summed E-state index contributed by atoms with van der Waals surface area (Å²) in [7, 11) is 0. The van der Waals surface area contributed by atoms with Gasteiger partial charge in [-0.3, -0.25) is 19.5 Å². The van der Waals surface area contributed by atoms with Crippen LogP contribution in [0, 0.1) is 0 Å². The average Bonchev–Trinajstić information content (AvgIpc) is 3.17. The molecule has 1 aliphatic heterocycles. The van der Waals surface area contributed by atoms with Crippen LogP contribution >= 0.6 is 11.6 Å². The van der Waals surface area contributed by atoms with E-state index >= 15 is 0 Å². The molecule has 0 saturated heterocycles. The second-order valence-electron chi connectivity index (χ2n) is 6.75. The number of alkyl halides is 3. The first-order valence-corrected chi connectivity index (χ1v) is 9.53. The number of hydrogen-bond acceptors (Lipinski definition) is 6. The Balaban J connectivity index is 1.88. The van der Waals surface area contributed by atoms with Gasteiger partial charge in [-0.25, -0.2) is 5.84 Å². The molecule has 2 aromatic heterocycles. The fraction of sp³-hybridized carbons (Fsp3) is 0.389. The molecule has 162 valence electrons. The minimum absolute atomic E-state index is 0.193. The lowest BCUT2D eigenvalue weighted by molar-refractivity contribution is -0.141. The van der Waals surface area contributed by atoms with Crippen LogP contribution in [0.1, 0.15) is 36.3 Å². The van der Waals surface area contributed by atoms with Gasteiger partial charge in [0, 0.05) is 38.0 Å². The van der Waals surface area contributed by atoms with Gasteiger partial charge in [-0.05, 0) is 19.9 Å². The molecule has 0 saturated carbocycles. The van der Waals surface area contributed by atoms with Gasteiger partial charge < -0.3 is 10.6 Å². The molecule has 30 heavy (non-hydrogen) atoms. The van der Waals surface area contributed by atoms with Crippen LogP contribution in [0.15, 0.2) is 35.9 Å². The smallest absolute Gasteiger partial charge is 0.399 e. The molecule has 1 atom stereocenters. The predicted molar refractivity (Wildman–Crippen MR) is 105 cm³/mol. The van der Waals surface area contributed by atoms with Crippen molar-refractivity contribution in [3.63, 3.8) is 0 Å². The van der Waals surface area contributed by atoms with E-state index in [1.165, 1.54) is 9.91 Å². The molecule has 3 rings (SSSR count). The van der Waals surface area contributed by atoms with E-state index in [2.05, 4.69) is 10.1 Å². The number of hydrazine groups is 1. The Bertz CT molecular complexity index is 988. The molecule has 0 bridgehead atoms. The summed E-state index contributed by atoms with van der Waals surface area (Å²) in [5, 5.41) is 4.95. The van der Waals surface area contributed by atoms with Gasteiger partial charge >= 0.3 is 6.18 Å². The van der Waals surface area contributed by atoms with E-state index in [1.807, 2.05) is 6.92 Å². The number of anilines is 1. The summed E-state index contributed by atoms with van der Waals surface area (Å²) in [6, 6.07) is 2.29. The highest BCUT2D eigenvalue weighted by molar-refractivity contribution is 6.34. The van der Waals surface area contributed by atoms with Crippen molar-refractivity contribution in [1.29, 1.82) is 0 Å². The SMILES string of the molecule is CCn1ccc(N(N)C2=C(N)C(C)N(C(=O)c3ccnc(C(F)(F)F)c3Cl)CC2)n1. The Morgan fingerprint density at radius 2 is 2.10 bits per heavy atom. The number of aromatic nitrogens is 3. The van der Waals surface area contributed by atoms with E-state index < -0.39 is 28.8 Å². The minimum atomic E-state index is -4.77. The average molecular weight is 444 g/mol. The molecule has 0 aliphatic carbocycles. The fourth-order valence-electron chi connectivity index (χ4n) is 3.27. The van der Waals surface area contributed by atoms with Gasteiger partial charge in [0.05, 0.1) is 28.0 Å². The maximum atomic E-state index is 13.1. The van der Waals surface area contributed by atoms with Crippen molar-refractivity contribution in [1.82, 2.24) is 19.7 Å². The molecule has 1 unspecified atom stereocenters. The van der Waals surface area contributed by atoms with Crippen LogP contribution < -0.4 is 16.6 Å². The Morgan fingerprint density at radius 3 is 2.70 bits per heavy atom. The van der Waals surface area contributed by atoms with Crippen molar-refractivity contribution in [2.75, 3.05) is 11.6 Å². The summed E-state index contributed by atoms with van der Waals surface area (Å²) in [6.07, 6.45) is -1.79. The number of amides is 1. The quantitative estimate of drug-likeness (QED) is 0.556. The maximum Gasteiger partial charge on any atom is 0.434 e. The van der Waals surface area contributed by atoms with Gasteiger partial charge in [-0.1, -0.05) is 11.6 Å². The van der Waals surface area contributed by atoms with Crippen LogP contribution in [0.25, 0.3) is 0 Å². The van der Waals surface area contributed by atoms with Gasteiger partial charge in [0.15, 0.2) is 11.5 Å². The number of rotatable bonds is 4. The molecule has 0 spiro atoms. The lowest BCUT2D eigenvalue weighted by Crippen LogP contribution is -2.49. The van der Waals surface area contributed by atoms with Crippen molar-refractivity contribution in [3.8, 4) is 0 Å². The lowest BCUT2D eigenvalue weighted by atomic mass is 10.0. The highest BCUT2D eigenvalue weighted by Crippen LogP contribution is 2.35. The number of pyridine rings is 1. The van der Waals surface area contributed by atoms with Crippen molar-refractivity contribution < 1.29 is 18.0 Å². The Labute approximate surface area is 175 Å². The standard InChI is InChI=1S/C18H21ClF3N7O/c1-3-27-8-6-13(26-27)29(24)12-5-9-28(10(2)15(12)23)17(30)11-4-7-25-16(14(11)19)18(20,21)22/h4,6-8,10H,3,5,9,23-24H2,1-2H3. The molecule has 1 amide bonds. The highest BCUT2D eigenvalue weighted by Gasteiger charge is 2.38. The van der Waals surface area contributed by atoms with Gasteiger partial charge in [-0.15, -0.1) is 0 Å². The number of nitrogens with two attached hydrogens (primary N) is 2. The van der Waals surface area contributed by atoms with Crippen molar-refractivity contribution in [3.05, 3.63) is 52.2 Å². The van der Waals surface area contributed by atoms with Crippen molar-refractivity contribution in [2.24, 2.45) is 11.6 Å². The van der Waals surface area contributed by atoms with E-state index in [4.69, 9.17) is 23.2 Å². The normalized spacial score (nSPS) is 17.4. The van der Waals surface area contributed by atoms with Gasteiger partial charge in [0.25, 0.3) is 5.91 Å². The predicted octanol–water partition coefficient (Wildman–Crippen LogP) is 2.76.